The van der Waals surface area contributed by atoms with E-state index in [0.29, 0.717) is 17.2 Å². The Morgan fingerprint density at radius 2 is 2.04 bits per heavy atom. The average Bonchev–Trinajstić information content (AvgIpc) is 3.08. The van der Waals surface area contributed by atoms with Gasteiger partial charge in [-0.05, 0) is 57.5 Å². The summed E-state index contributed by atoms with van der Waals surface area (Å²) in [7, 11) is 1.65. The molecule has 2 atom stereocenters. The van der Waals surface area contributed by atoms with Crippen LogP contribution in [0.5, 0.6) is 5.75 Å². The van der Waals surface area contributed by atoms with Crippen LogP contribution in [0, 0.1) is 0 Å². The van der Waals surface area contributed by atoms with E-state index >= 15 is 0 Å². The first-order valence-electron chi connectivity index (χ1n) is 8.76. The van der Waals surface area contributed by atoms with Gasteiger partial charge in [0.15, 0.2) is 6.10 Å². The molecule has 1 N–H and O–H groups in total. The standard InChI is InChI=1S/C20H24N2O5/c1-12-18(23)21-14-11-13(8-9-15(14)26-12)17(16-7-6-10-25-16)22(5)19(24)27-20(2,3)4/h6-12,17H,1-5H3,(H,21,23). The maximum atomic E-state index is 12.6. The fraction of sp³-hybridized carbons (Fsp3) is 0.400. The summed E-state index contributed by atoms with van der Waals surface area (Å²) in [6.07, 6.45) is 0.528. The summed E-state index contributed by atoms with van der Waals surface area (Å²) in [4.78, 5) is 26.0. The molecule has 7 nitrogen and oxygen atoms in total. The summed E-state index contributed by atoms with van der Waals surface area (Å²) in [5.41, 5.74) is 0.701. The Labute approximate surface area is 158 Å². The third-order valence-electron chi connectivity index (χ3n) is 4.13. The highest BCUT2D eigenvalue weighted by molar-refractivity contribution is 5.97. The van der Waals surface area contributed by atoms with Crippen LogP contribution in [0.1, 0.15) is 45.1 Å². The van der Waals surface area contributed by atoms with Crippen molar-refractivity contribution in [3.8, 4) is 5.75 Å². The summed E-state index contributed by atoms with van der Waals surface area (Å²) in [6, 6.07) is 8.44. The minimum atomic E-state index is -0.618. The molecule has 0 spiro atoms. The van der Waals surface area contributed by atoms with Gasteiger partial charge in [-0.2, -0.15) is 0 Å². The maximum Gasteiger partial charge on any atom is 0.410 e. The van der Waals surface area contributed by atoms with Crippen molar-refractivity contribution in [1.82, 2.24) is 4.90 Å². The summed E-state index contributed by atoms with van der Waals surface area (Å²) < 4.78 is 16.7. The predicted octanol–water partition coefficient (Wildman–Crippen LogP) is 3.96. The summed E-state index contributed by atoms with van der Waals surface area (Å²) in [5.74, 6) is 0.957. The number of ether oxygens (including phenoxy) is 2. The maximum absolute atomic E-state index is 12.6. The number of rotatable bonds is 3. The second kappa shape index (κ2) is 6.98. The first-order valence-corrected chi connectivity index (χ1v) is 8.76. The second-order valence-corrected chi connectivity index (χ2v) is 7.51. The normalized spacial score (nSPS) is 17.4. The summed E-state index contributed by atoms with van der Waals surface area (Å²) in [5, 5.41) is 2.83. The number of hydrogen-bond donors (Lipinski definition) is 1. The molecule has 0 bridgehead atoms. The van der Waals surface area contributed by atoms with Gasteiger partial charge in [0.05, 0.1) is 12.0 Å². The van der Waals surface area contributed by atoms with E-state index in [9.17, 15) is 9.59 Å². The van der Waals surface area contributed by atoms with E-state index in [2.05, 4.69) is 5.32 Å². The molecule has 1 aromatic heterocycles. The van der Waals surface area contributed by atoms with Crippen LogP contribution >= 0.6 is 0 Å². The number of amides is 2. The van der Waals surface area contributed by atoms with Crippen molar-refractivity contribution < 1.29 is 23.5 Å². The van der Waals surface area contributed by atoms with Crippen LogP contribution in [-0.4, -0.2) is 35.7 Å². The van der Waals surface area contributed by atoms with Gasteiger partial charge in [0.25, 0.3) is 5.91 Å². The zero-order chi connectivity index (χ0) is 19.8. The number of nitrogens with one attached hydrogen (secondary N) is 1. The van der Waals surface area contributed by atoms with Crippen molar-refractivity contribution in [3.05, 3.63) is 47.9 Å². The largest absolute Gasteiger partial charge is 0.479 e. The Bertz CT molecular complexity index is 839. The molecular weight excluding hydrogens is 348 g/mol. The van der Waals surface area contributed by atoms with Gasteiger partial charge >= 0.3 is 6.09 Å². The number of carbonyl (C=O) groups is 2. The van der Waals surface area contributed by atoms with E-state index in [1.165, 1.54) is 4.90 Å². The van der Waals surface area contributed by atoms with Gasteiger partial charge in [-0.1, -0.05) is 6.07 Å². The highest BCUT2D eigenvalue weighted by atomic mass is 16.6. The number of fused-ring (bicyclic) bond motifs is 1. The minimum absolute atomic E-state index is 0.213. The van der Waals surface area contributed by atoms with Crippen molar-refractivity contribution >= 4 is 17.7 Å². The summed E-state index contributed by atoms with van der Waals surface area (Å²) >= 11 is 0. The molecule has 0 saturated carbocycles. The molecule has 2 aromatic rings. The van der Waals surface area contributed by atoms with E-state index < -0.39 is 23.8 Å². The second-order valence-electron chi connectivity index (χ2n) is 7.51. The predicted molar refractivity (Wildman–Crippen MR) is 99.7 cm³/mol. The van der Waals surface area contributed by atoms with Gasteiger partial charge < -0.3 is 19.2 Å². The first kappa shape index (κ1) is 18.8. The monoisotopic (exact) mass is 372 g/mol. The van der Waals surface area contributed by atoms with E-state index in [0.717, 1.165) is 5.56 Å². The molecule has 2 unspecified atom stereocenters. The van der Waals surface area contributed by atoms with Crippen molar-refractivity contribution in [2.24, 2.45) is 0 Å². The lowest BCUT2D eigenvalue weighted by Gasteiger charge is -2.31. The van der Waals surface area contributed by atoms with Gasteiger partial charge in [0, 0.05) is 7.05 Å². The number of anilines is 1. The molecule has 2 heterocycles. The SMILES string of the molecule is CC1Oc2ccc(C(c3ccco3)N(C)C(=O)OC(C)(C)C)cc2NC1=O. The van der Waals surface area contributed by atoms with E-state index in [1.807, 2.05) is 26.8 Å². The van der Waals surface area contributed by atoms with Crippen LogP contribution in [0.3, 0.4) is 0 Å². The van der Waals surface area contributed by atoms with Crippen molar-refractivity contribution in [2.45, 2.75) is 45.4 Å². The van der Waals surface area contributed by atoms with Gasteiger partial charge in [0.2, 0.25) is 0 Å². The smallest absolute Gasteiger partial charge is 0.410 e. The molecule has 2 amide bonds. The van der Waals surface area contributed by atoms with Crippen molar-refractivity contribution in [3.63, 3.8) is 0 Å². The fourth-order valence-corrected chi connectivity index (χ4v) is 2.86. The Balaban J connectivity index is 1.96. The molecule has 3 rings (SSSR count). The zero-order valence-electron chi connectivity index (χ0n) is 16.1. The molecule has 0 fully saturated rings. The van der Waals surface area contributed by atoms with Gasteiger partial charge in [0.1, 0.15) is 23.2 Å². The van der Waals surface area contributed by atoms with Crippen LogP contribution in [0.15, 0.2) is 41.0 Å². The fourth-order valence-electron chi connectivity index (χ4n) is 2.86. The summed E-state index contributed by atoms with van der Waals surface area (Å²) in [6.45, 7) is 7.13. The minimum Gasteiger partial charge on any atom is -0.479 e. The molecule has 1 aliphatic heterocycles. The molecule has 0 saturated heterocycles. The topological polar surface area (TPSA) is 81.0 Å². The van der Waals surface area contributed by atoms with Crippen molar-refractivity contribution in [1.29, 1.82) is 0 Å². The number of hydrogen-bond acceptors (Lipinski definition) is 5. The highest BCUT2D eigenvalue weighted by Gasteiger charge is 2.31. The van der Waals surface area contributed by atoms with E-state index in [-0.39, 0.29) is 5.91 Å². The van der Waals surface area contributed by atoms with Crippen LogP contribution in [0.4, 0.5) is 10.5 Å². The number of carbonyl (C=O) groups excluding carboxylic acids is 2. The molecule has 0 aliphatic carbocycles. The van der Waals surface area contributed by atoms with Crippen LogP contribution in [0.2, 0.25) is 0 Å². The first-order chi connectivity index (χ1) is 12.7. The van der Waals surface area contributed by atoms with Crippen molar-refractivity contribution in [2.75, 3.05) is 12.4 Å². The molecule has 1 aromatic carbocycles. The van der Waals surface area contributed by atoms with Gasteiger partial charge in [-0.15, -0.1) is 0 Å². The lowest BCUT2D eigenvalue weighted by Crippen LogP contribution is -2.37. The quantitative estimate of drug-likeness (QED) is 0.882. The Morgan fingerprint density at radius 3 is 2.67 bits per heavy atom. The van der Waals surface area contributed by atoms with Gasteiger partial charge in [-0.25, -0.2) is 4.79 Å². The molecule has 1 aliphatic rings. The van der Waals surface area contributed by atoms with E-state index in [4.69, 9.17) is 13.9 Å². The number of benzene rings is 1. The lowest BCUT2D eigenvalue weighted by atomic mass is 10.0. The Hall–Kier alpha value is -2.96. The van der Waals surface area contributed by atoms with E-state index in [1.54, 1.807) is 44.5 Å². The molecule has 0 radical (unpaired) electrons. The Kier molecular flexibility index (Phi) is 4.87. The number of furan rings is 1. The average molecular weight is 372 g/mol. The number of nitrogens with zero attached hydrogens (tertiary/aromatic N) is 1. The third kappa shape index (κ3) is 4.07. The van der Waals surface area contributed by atoms with Gasteiger partial charge in [-0.3, -0.25) is 9.69 Å². The highest BCUT2D eigenvalue weighted by Crippen LogP contribution is 2.36. The molecular formula is C20H24N2O5. The lowest BCUT2D eigenvalue weighted by molar-refractivity contribution is -0.122. The van der Waals surface area contributed by atoms with Crippen LogP contribution < -0.4 is 10.1 Å². The Morgan fingerprint density at radius 1 is 1.30 bits per heavy atom. The zero-order valence-corrected chi connectivity index (χ0v) is 16.1. The van der Waals surface area contributed by atoms with Crippen LogP contribution in [-0.2, 0) is 9.53 Å². The molecule has 7 heteroatoms. The molecule has 27 heavy (non-hydrogen) atoms. The third-order valence-corrected chi connectivity index (χ3v) is 4.13. The van der Waals surface area contributed by atoms with Crippen LogP contribution in [0.25, 0.3) is 0 Å². The molecule has 144 valence electrons.